The third-order valence-corrected chi connectivity index (χ3v) is 6.69. The van der Waals surface area contributed by atoms with Gasteiger partial charge in [0, 0.05) is 28.8 Å². The van der Waals surface area contributed by atoms with Crippen LogP contribution in [0, 0.1) is 0 Å². The van der Waals surface area contributed by atoms with Crippen LogP contribution in [0.3, 0.4) is 0 Å². The summed E-state index contributed by atoms with van der Waals surface area (Å²) in [7, 11) is 0. The number of aromatic amines is 1. The summed E-state index contributed by atoms with van der Waals surface area (Å²) in [5, 5.41) is 4.24. The molecule has 0 amide bonds. The van der Waals surface area contributed by atoms with Gasteiger partial charge in [-0.3, -0.25) is 9.89 Å². The van der Waals surface area contributed by atoms with Crippen LogP contribution in [0.5, 0.6) is 11.5 Å². The highest BCUT2D eigenvalue weighted by Gasteiger charge is 2.31. The van der Waals surface area contributed by atoms with Crippen molar-refractivity contribution in [2.24, 2.45) is 0 Å². The molecule has 1 fully saturated rings. The molecule has 2 heterocycles. The van der Waals surface area contributed by atoms with Crippen molar-refractivity contribution in [1.82, 2.24) is 14.6 Å². The minimum Gasteiger partial charge on any atom is -0.457 e. The van der Waals surface area contributed by atoms with Crippen molar-refractivity contribution in [1.29, 1.82) is 0 Å². The highest BCUT2D eigenvalue weighted by Crippen LogP contribution is 2.45. The molecule has 5 nitrogen and oxygen atoms in total. The summed E-state index contributed by atoms with van der Waals surface area (Å²) in [5.41, 5.74) is 4.52. The Morgan fingerprint density at radius 2 is 1.65 bits per heavy atom. The molecule has 3 aromatic carbocycles. The van der Waals surface area contributed by atoms with E-state index in [1.165, 1.54) is 4.52 Å². The first-order chi connectivity index (χ1) is 16.6. The van der Waals surface area contributed by atoms with Crippen molar-refractivity contribution >= 4 is 28.8 Å². The highest BCUT2D eigenvalue weighted by atomic mass is 35.5. The zero-order valence-electron chi connectivity index (χ0n) is 18.0. The Morgan fingerprint density at radius 3 is 2.41 bits per heavy atom. The number of hydrogen-bond acceptors (Lipinski definition) is 3. The summed E-state index contributed by atoms with van der Waals surface area (Å²) < 4.78 is 7.49. The zero-order chi connectivity index (χ0) is 23.2. The van der Waals surface area contributed by atoms with Crippen molar-refractivity contribution in [2.45, 2.75) is 18.8 Å². The molecule has 0 atom stereocenters. The molecule has 0 saturated heterocycles. The van der Waals surface area contributed by atoms with Gasteiger partial charge in [0.05, 0.1) is 15.7 Å². The number of benzene rings is 3. The predicted octanol–water partition coefficient (Wildman–Crippen LogP) is 7.33. The number of halogens is 2. The van der Waals surface area contributed by atoms with Crippen molar-refractivity contribution in [3.05, 3.63) is 105 Å². The molecule has 0 radical (unpaired) electrons. The lowest BCUT2D eigenvalue weighted by atomic mass is 10.0. The first kappa shape index (κ1) is 21.0. The summed E-state index contributed by atoms with van der Waals surface area (Å²) in [6, 6.07) is 24.2. The number of rotatable bonds is 5. The van der Waals surface area contributed by atoms with E-state index in [4.69, 9.17) is 32.9 Å². The molecular formula is C27H19Cl2N3O2. The Hall–Kier alpha value is -3.54. The topological polar surface area (TPSA) is 59.4 Å². The number of ether oxygens (including phenoxy) is 1. The maximum atomic E-state index is 13.1. The van der Waals surface area contributed by atoms with Crippen LogP contribution in [0.15, 0.2) is 83.7 Å². The third kappa shape index (κ3) is 3.87. The standard InChI is InChI=1S/C27H19Cl2N3O2/c28-21-12-11-18(14-22(21)29)25-26(16-9-10-16)31-32-24(33)15-23(30-27(25)32)17-5-4-8-20(13-17)34-19-6-2-1-3-7-19/h1-8,11-16,31H,9-10H2. The van der Waals surface area contributed by atoms with Gasteiger partial charge in [-0.1, -0.05) is 59.6 Å². The third-order valence-electron chi connectivity index (χ3n) is 5.95. The van der Waals surface area contributed by atoms with E-state index in [0.29, 0.717) is 33.1 Å². The number of nitrogens with zero attached hydrogens (tertiary/aromatic N) is 2. The molecule has 1 saturated carbocycles. The van der Waals surface area contributed by atoms with Crippen molar-refractivity contribution in [3.63, 3.8) is 0 Å². The average Bonchev–Trinajstić information content (AvgIpc) is 3.62. The van der Waals surface area contributed by atoms with Gasteiger partial charge in [0.25, 0.3) is 5.56 Å². The van der Waals surface area contributed by atoms with E-state index in [0.717, 1.165) is 41.0 Å². The number of hydrogen-bond donors (Lipinski definition) is 1. The summed E-state index contributed by atoms with van der Waals surface area (Å²) in [6.45, 7) is 0. The zero-order valence-corrected chi connectivity index (χ0v) is 19.5. The monoisotopic (exact) mass is 487 g/mol. The lowest BCUT2D eigenvalue weighted by molar-refractivity contribution is 0.483. The Morgan fingerprint density at radius 1 is 0.853 bits per heavy atom. The van der Waals surface area contributed by atoms with Gasteiger partial charge in [-0.2, -0.15) is 0 Å². The summed E-state index contributed by atoms with van der Waals surface area (Å²) in [4.78, 5) is 18.0. The molecule has 6 rings (SSSR count). The molecule has 2 aromatic heterocycles. The predicted molar refractivity (Wildman–Crippen MR) is 135 cm³/mol. The van der Waals surface area contributed by atoms with Crippen LogP contribution >= 0.6 is 23.2 Å². The van der Waals surface area contributed by atoms with E-state index in [1.807, 2.05) is 66.7 Å². The quantitative estimate of drug-likeness (QED) is 0.282. The fourth-order valence-electron chi connectivity index (χ4n) is 4.15. The van der Waals surface area contributed by atoms with E-state index in [-0.39, 0.29) is 5.56 Å². The number of fused-ring (bicyclic) bond motifs is 1. The molecule has 0 unspecified atom stereocenters. The van der Waals surface area contributed by atoms with Gasteiger partial charge in [0.2, 0.25) is 0 Å². The van der Waals surface area contributed by atoms with Crippen LogP contribution in [0.4, 0.5) is 0 Å². The minimum absolute atomic E-state index is 0.178. The van der Waals surface area contributed by atoms with Gasteiger partial charge in [-0.05, 0) is 54.8 Å². The van der Waals surface area contributed by atoms with E-state index in [2.05, 4.69) is 5.10 Å². The highest BCUT2D eigenvalue weighted by molar-refractivity contribution is 6.42. The van der Waals surface area contributed by atoms with Gasteiger partial charge >= 0.3 is 0 Å². The first-order valence-electron chi connectivity index (χ1n) is 11.0. The molecule has 168 valence electrons. The average molecular weight is 488 g/mol. The second kappa shape index (κ2) is 8.35. The van der Waals surface area contributed by atoms with Crippen LogP contribution in [-0.2, 0) is 0 Å². The minimum atomic E-state index is -0.178. The number of aromatic nitrogens is 3. The maximum absolute atomic E-state index is 13.1. The smallest absolute Gasteiger partial charge is 0.273 e. The second-order valence-corrected chi connectivity index (χ2v) is 9.20. The fourth-order valence-corrected chi connectivity index (χ4v) is 4.45. The van der Waals surface area contributed by atoms with Crippen LogP contribution in [0.2, 0.25) is 10.0 Å². The molecule has 0 spiro atoms. The van der Waals surface area contributed by atoms with Crippen molar-refractivity contribution in [3.8, 4) is 33.9 Å². The lowest BCUT2D eigenvalue weighted by Gasteiger charge is -2.08. The SMILES string of the molecule is O=c1cc(-c2cccc(Oc3ccccc3)c2)nc2c(-c3ccc(Cl)c(Cl)c3)c(C3CC3)[nH]n12. The van der Waals surface area contributed by atoms with Crippen molar-refractivity contribution in [2.75, 3.05) is 0 Å². The fraction of sp³-hybridized carbons (Fsp3) is 0.111. The summed E-state index contributed by atoms with van der Waals surface area (Å²) in [5.74, 6) is 1.78. The van der Waals surface area contributed by atoms with Crippen LogP contribution in [0.25, 0.3) is 28.0 Å². The molecular weight excluding hydrogens is 469 g/mol. The molecule has 0 aliphatic heterocycles. The van der Waals surface area contributed by atoms with Gasteiger partial charge in [-0.15, -0.1) is 0 Å². The largest absolute Gasteiger partial charge is 0.457 e. The van der Waals surface area contributed by atoms with Gasteiger partial charge in [0.1, 0.15) is 11.5 Å². The summed E-state index contributed by atoms with van der Waals surface area (Å²) in [6.07, 6.45) is 2.14. The van der Waals surface area contributed by atoms with E-state index in [9.17, 15) is 4.79 Å². The summed E-state index contributed by atoms with van der Waals surface area (Å²) >= 11 is 12.5. The number of nitrogens with one attached hydrogen (secondary N) is 1. The molecule has 0 bridgehead atoms. The first-order valence-corrected chi connectivity index (χ1v) is 11.8. The molecule has 5 aromatic rings. The second-order valence-electron chi connectivity index (χ2n) is 8.39. The van der Waals surface area contributed by atoms with Crippen molar-refractivity contribution < 1.29 is 4.74 Å². The van der Waals surface area contributed by atoms with Gasteiger partial charge < -0.3 is 4.74 Å². The Bertz CT molecular complexity index is 1590. The van der Waals surface area contributed by atoms with Crippen LogP contribution in [0.1, 0.15) is 24.5 Å². The Kier molecular flexibility index (Phi) is 5.16. The Balaban J connectivity index is 1.49. The van der Waals surface area contributed by atoms with Gasteiger partial charge in [-0.25, -0.2) is 9.50 Å². The lowest BCUT2D eigenvalue weighted by Crippen LogP contribution is -2.14. The Labute approximate surface area is 205 Å². The van der Waals surface area contributed by atoms with E-state index in [1.54, 1.807) is 12.1 Å². The van der Waals surface area contributed by atoms with Crippen LogP contribution in [-0.4, -0.2) is 14.6 Å². The molecule has 1 aliphatic carbocycles. The van der Waals surface area contributed by atoms with Crippen LogP contribution < -0.4 is 10.3 Å². The maximum Gasteiger partial charge on any atom is 0.273 e. The van der Waals surface area contributed by atoms with E-state index >= 15 is 0 Å². The molecule has 34 heavy (non-hydrogen) atoms. The molecule has 1 aliphatic rings. The van der Waals surface area contributed by atoms with E-state index < -0.39 is 0 Å². The molecule has 1 N–H and O–H groups in total. The number of para-hydroxylation sites is 1. The van der Waals surface area contributed by atoms with Gasteiger partial charge in [0.15, 0.2) is 5.65 Å². The normalized spacial score (nSPS) is 13.4. The number of H-pyrrole nitrogens is 1. The molecule has 7 heteroatoms.